The highest BCUT2D eigenvalue weighted by atomic mass is 35.5. The molecule has 2 aromatic carbocycles. The maximum atomic E-state index is 6.02. The second-order valence-electron chi connectivity index (χ2n) is 5.76. The summed E-state index contributed by atoms with van der Waals surface area (Å²) in [6, 6.07) is 17.6. The smallest absolute Gasteiger partial charge is 0.163 e. The van der Waals surface area contributed by atoms with E-state index in [2.05, 4.69) is 4.98 Å². The zero-order chi connectivity index (χ0) is 17.4. The van der Waals surface area contributed by atoms with Gasteiger partial charge in [-0.3, -0.25) is 0 Å². The molecule has 0 saturated heterocycles. The van der Waals surface area contributed by atoms with Gasteiger partial charge in [-0.25, -0.2) is 9.50 Å². The lowest BCUT2D eigenvalue weighted by Crippen LogP contribution is -1.96. The Bertz CT molecular complexity index is 1050. The molecule has 124 valence electrons. The van der Waals surface area contributed by atoms with E-state index >= 15 is 0 Å². The van der Waals surface area contributed by atoms with Crippen LogP contribution >= 0.6 is 11.6 Å². The lowest BCUT2D eigenvalue weighted by molar-refractivity contribution is 0.415. The first-order chi connectivity index (χ1) is 12.2. The Morgan fingerprint density at radius 2 is 1.80 bits per heavy atom. The monoisotopic (exact) mass is 349 g/mol. The van der Waals surface area contributed by atoms with Crippen LogP contribution in [0, 0.1) is 6.92 Å². The van der Waals surface area contributed by atoms with Crippen molar-refractivity contribution in [2.75, 3.05) is 7.11 Å². The molecule has 0 saturated carbocycles. The van der Waals surface area contributed by atoms with Gasteiger partial charge in [0.25, 0.3) is 0 Å². The summed E-state index contributed by atoms with van der Waals surface area (Å²) in [7, 11) is 1.66. The molecule has 2 aromatic heterocycles. The molecule has 4 aromatic rings. The van der Waals surface area contributed by atoms with Crippen LogP contribution in [0.2, 0.25) is 5.02 Å². The van der Waals surface area contributed by atoms with Crippen LogP contribution in [0.15, 0.2) is 60.8 Å². The number of benzene rings is 2. The zero-order valence-electron chi connectivity index (χ0n) is 13.9. The van der Waals surface area contributed by atoms with Crippen LogP contribution in [0.3, 0.4) is 0 Å². The van der Waals surface area contributed by atoms with E-state index < -0.39 is 0 Å². The Labute approximate surface area is 150 Å². The van der Waals surface area contributed by atoms with Gasteiger partial charge in [0.1, 0.15) is 5.75 Å². The highest BCUT2D eigenvalue weighted by molar-refractivity contribution is 6.30. The molecular formula is C20H16ClN3O. The van der Waals surface area contributed by atoms with Crippen molar-refractivity contribution in [1.82, 2.24) is 14.6 Å². The predicted octanol–water partition coefficient (Wildman–Crippen LogP) is 5.03. The third-order valence-corrected chi connectivity index (χ3v) is 4.44. The van der Waals surface area contributed by atoms with Gasteiger partial charge in [0.05, 0.1) is 18.5 Å². The van der Waals surface area contributed by atoms with Crippen LogP contribution in [0.25, 0.3) is 28.0 Å². The van der Waals surface area contributed by atoms with Crippen LogP contribution in [0.1, 0.15) is 5.69 Å². The quantitative estimate of drug-likeness (QED) is 0.520. The van der Waals surface area contributed by atoms with Gasteiger partial charge in [-0.05, 0) is 42.8 Å². The average molecular weight is 350 g/mol. The molecule has 0 aliphatic rings. The number of halogens is 1. The summed E-state index contributed by atoms with van der Waals surface area (Å²) in [5, 5.41) is 5.44. The molecule has 2 heterocycles. The molecule has 0 radical (unpaired) electrons. The lowest BCUT2D eigenvalue weighted by Gasteiger charge is -2.07. The number of rotatable bonds is 3. The van der Waals surface area contributed by atoms with Crippen LogP contribution in [0.5, 0.6) is 5.75 Å². The molecule has 0 spiro atoms. The molecule has 0 atom stereocenters. The van der Waals surface area contributed by atoms with Crippen molar-refractivity contribution in [1.29, 1.82) is 0 Å². The first kappa shape index (κ1) is 15.7. The summed E-state index contributed by atoms with van der Waals surface area (Å²) < 4.78 is 7.22. The Morgan fingerprint density at radius 1 is 1.00 bits per heavy atom. The number of methoxy groups -OCH3 is 1. The third-order valence-electron chi connectivity index (χ3n) is 4.19. The topological polar surface area (TPSA) is 39.4 Å². The fourth-order valence-electron chi connectivity index (χ4n) is 3.01. The SMILES string of the molecule is COc1cccc(-c2ccnc3c(-c4ccc(Cl)cc4)c(C)nn23)c1. The van der Waals surface area contributed by atoms with E-state index in [1.165, 1.54) is 0 Å². The molecule has 0 aliphatic heterocycles. The zero-order valence-corrected chi connectivity index (χ0v) is 14.7. The lowest BCUT2D eigenvalue weighted by atomic mass is 10.1. The fraction of sp³-hybridized carbons (Fsp3) is 0.100. The molecule has 0 unspecified atom stereocenters. The minimum absolute atomic E-state index is 0.711. The van der Waals surface area contributed by atoms with Gasteiger partial charge in [0, 0.05) is 22.3 Å². The second-order valence-corrected chi connectivity index (χ2v) is 6.20. The van der Waals surface area contributed by atoms with Crippen LogP contribution < -0.4 is 4.74 Å². The van der Waals surface area contributed by atoms with E-state index in [-0.39, 0.29) is 0 Å². The molecule has 0 aliphatic carbocycles. The summed E-state index contributed by atoms with van der Waals surface area (Å²) in [6.45, 7) is 1.99. The van der Waals surface area contributed by atoms with Gasteiger partial charge >= 0.3 is 0 Å². The van der Waals surface area contributed by atoms with E-state index in [1.807, 2.05) is 72.2 Å². The number of hydrogen-bond acceptors (Lipinski definition) is 3. The summed E-state index contributed by atoms with van der Waals surface area (Å²) in [5.41, 5.74) is 5.79. The third kappa shape index (κ3) is 2.75. The number of nitrogens with zero attached hydrogens (tertiary/aromatic N) is 3. The van der Waals surface area contributed by atoms with Gasteiger partial charge < -0.3 is 4.74 Å². The normalized spacial score (nSPS) is 11.0. The number of aromatic nitrogens is 3. The summed E-state index contributed by atoms with van der Waals surface area (Å²) >= 11 is 6.02. The first-order valence-electron chi connectivity index (χ1n) is 7.92. The van der Waals surface area contributed by atoms with Crippen molar-refractivity contribution < 1.29 is 4.74 Å². The number of aryl methyl sites for hydroxylation is 1. The Hall–Kier alpha value is -2.85. The first-order valence-corrected chi connectivity index (χ1v) is 8.30. The highest BCUT2D eigenvalue weighted by Gasteiger charge is 2.15. The van der Waals surface area contributed by atoms with Crippen molar-refractivity contribution in [2.24, 2.45) is 0 Å². The minimum Gasteiger partial charge on any atom is -0.497 e. The van der Waals surface area contributed by atoms with Crippen LogP contribution in [-0.2, 0) is 0 Å². The van der Waals surface area contributed by atoms with Crippen molar-refractivity contribution in [3.05, 3.63) is 71.5 Å². The van der Waals surface area contributed by atoms with E-state index in [4.69, 9.17) is 21.4 Å². The van der Waals surface area contributed by atoms with Crippen LogP contribution in [-0.4, -0.2) is 21.7 Å². The second kappa shape index (κ2) is 6.22. The van der Waals surface area contributed by atoms with E-state index in [0.717, 1.165) is 39.5 Å². The minimum atomic E-state index is 0.711. The molecule has 0 bridgehead atoms. The Balaban J connectivity index is 1.94. The van der Waals surface area contributed by atoms with Gasteiger partial charge in [-0.1, -0.05) is 35.9 Å². The molecule has 0 fully saturated rings. The predicted molar refractivity (Wildman–Crippen MR) is 100 cm³/mol. The summed E-state index contributed by atoms with van der Waals surface area (Å²) in [6.07, 6.45) is 1.81. The fourth-order valence-corrected chi connectivity index (χ4v) is 3.13. The van der Waals surface area contributed by atoms with Crippen molar-refractivity contribution in [2.45, 2.75) is 6.92 Å². The number of fused-ring (bicyclic) bond motifs is 1. The molecule has 4 rings (SSSR count). The van der Waals surface area contributed by atoms with Crippen LogP contribution in [0.4, 0.5) is 0 Å². The van der Waals surface area contributed by atoms with E-state index in [9.17, 15) is 0 Å². The standard InChI is InChI=1S/C20H16ClN3O/c1-13-19(14-6-8-16(21)9-7-14)20-22-11-10-18(24(20)23-13)15-4-3-5-17(12-15)25-2/h3-12H,1-2H3. The summed E-state index contributed by atoms with van der Waals surface area (Å²) in [5.74, 6) is 0.810. The Morgan fingerprint density at radius 3 is 2.56 bits per heavy atom. The molecule has 5 heteroatoms. The van der Waals surface area contributed by atoms with Gasteiger partial charge in [-0.15, -0.1) is 0 Å². The van der Waals surface area contributed by atoms with Crippen molar-refractivity contribution in [3.63, 3.8) is 0 Å². The van der Waals surface area contributed by atoms with Gasteiger partial charge in [-0.2, -0.15) is 5.10 Å². The van der Waals surface area contributed by atoms with E-state index in [0.29, 0.717) is 5.02 Å². The maximum Gasteiger partial charge on any atom is 0.163 e. The number of hydrogen-bond donors (Lipinski definition) is 0. The molecular weight excluding hydrogens is 334 g/mol. The van der Waals surface area contributed by atoms with E-state index in [1.54, 1.807) is 7.11 Å². The summed E-state index contributed by atoms with van der Waals surface area (Å²) in [4.78, 5) is 4.57. The maximum absolute atomic E-state index is 6.02. The largest absolute Gasteiger partial charge is 0.497 e. The molecule has 0 amide bonds. The van der Waals surface area contributed by atoms with Gasteiger partial charge in [0.15, 0.2) is 5.65 Å². The average Bonchev–Trinajstić information content (AvgIpc) is 2.98. The van der Waals surface area contributed by atoms with Crippen molar-refractivity contribution >= 4 is 17.2 Å². The molecule has 0 N–H and O–H groups in total. The highest BCUT2D eigenvalue weighted by Crippen LogP contribution is 2.31. The molecule has 4 nitrogen and oxygen atoms in total. The molecule has 25 heavy (non-hydrogen) atoms. The van der Waals surface area contributed by atoms with Gasteiger partial charge in [0.2, 0.25) is 0 Å². The Kier molecular flexibility index (Phi) is 3.90. The number of ether oxygens (including phenoxy) is 1. The van der Waals surface area contributed by atoms with Crippen molar-refractivity contribution in [3.8, 4) is 28.1 Å².